The molecule has 28 heavy (non-hydrogen) atoms. The van der Waals surface area contributed by atoms with Gasteiger partial charge in [-0.1, -0.05) is 6.07 Å². The minimum Gasteiger partial charge on any atom is -0.493 e. The van der Waals surface area contributed by atoms with Gasteiger partial charge in [-0.15, -0.1) is 0 Å². The lowest BCUT2D eigenvalue weighted by atomic mass is 9.53. The van der Waals surface area contributed by atoms with E-state index < -0.39 is 17.3 Å². The van der Waals surface area contributed by atoms with Crippen LogP contribution < -0.4 is 9.47 Å². The molecule has 0 radical (unpaired) electrons. The molecule has 1 aromatic carbocycles. The molecular formula is C22H31NO5. The van der Waals surface area contributed by atoms with Crippen molar-refractivity contribution in [3.05, 3.63) is 23.3 Å². The van der Waals surface area contributed by atoms with Crippen molar-refractivity contribution in [2.45, 2.75) is 75.1 Å². The van der Waals surface area contributed by atoms with Gasteiger partial charge in [0.25, 0.3) is 0 Å². The number of rotatable bonds is 1. The van der Waals surface area contributed by atoms with Crippen LogP contribution in [-0.4, -0.2) is 67.5 Å². The van der Waals surface area contributed by atoms with E-state index in [2.05, 4.69) is 31.9 Å². The van der Waals surface area contributed by atoms with Gasteiger partial charge in [0.05, 0.1) is 30.3 Å². The summed E-state index contributed by atoms with van der Waals surface area (Å²) in [6.45, 7) is 5.58. The van der Waals surface area contributed by atoms with Gasteiger partial charge in [0, 0.05) is 24.6 Å². The van der Waals surface area contributed by atoms with E-state index in [1.165, 1.54) is 5.56 Å². The number of likely N-dealkylation sites (tertiary alicyclic amines) is 1. The fraction of sp³-hybridized carbons (Fsp3) is 0.727. The maximum absolute atomic E-state index is 12.3. The highest BCUT2D eigenvalue weighted by Crippen LogP contribution is 2.63. The number of methoxy groups -OCH3 is 1. The highest BCUT2D eigenvalue weighted by molar-refractivity contribution is 5.61. The summed E-state index contributed by atoms with van der Waals surface area (Å²) >= 11 is 0. The second kappa shape index (κ2) is 6.33. The smallest absolute Gasteiger partial charge is 0.213 e. The first kappa shape index (κ1) is 18.7. The van der Waals surface area contributed by atoms with E-state index in [9.17, 15) is 5.11 Å². The number of benzene rings is 1. The molecule has 1 N–H and O–H groups in total. The fourth-order valence-corrected chi connectivity index (χ4v) is 6.20. The summed E-state index contributed by atoms with van der Waals surface area (Å²) in [7, 11) is 3.78. The zero-order valence-corrected chi connectivity index (χ0v) is 17.2. The van der Waals surface area contributed by atoms with Gasteiger partial charge < -0.3 is 29.0 Å². The van der Waals surface area contributed by atoms with Crippen LogP contribution >= 0.6 is 0 Å². The minimum atomic E-state index is -0.980. The summed E-state index contributed by atoms with van der Waals surface area (Å²) in [5.41, 5.74) is 0.762. The van der Waals surface area contributed by atoms with Crippen LogP contribution in [0, 0.1) is 0 Å². The molecule has 6 atom stereocenters. The van der Waals surface area contributed by atoms with Gasteiger partial charge in [0.15, 0.2) is 11.5 Å². The minimum absolute atomic E-state index is 0.0106. The first-order chi connectivity index (χ1) is 13.4. The summed E-state index contributed by atoms with van der Waals surface area (Å²) in [5, 5.41) is 12.3. The Morgan fingerprint density at radius 1 is 1.21 bits per heavy atom. The standard InChI is InChI=1S/C22H31NO5/c1-13-11-14(2)27-20-21-7-9-23(3)17(22(21,24)8-10-26-13)12-15-5-6-16(25-4)19(28-20)18(15)21/h5-6,13-14,17,20,24H,7-12H2,1-4H3/t13-,14+,17+,20+,21-,22?/m0/s1. The van der Waals surface area contributed by atoms with Gasteiger partial charge in [-0.2, -0.15) is 0 Å². The number of likely N-dealkylation sites (N-methyl/N-ethyl adjacent to an activating group) is 1. The summed E-state index contributed by atoms with van der Waals surface area (Å²) in [4.78, 5) is 2.30. The topological polar surface area (TPSA) is 60.4 Å². The van der Waals surface area contributed by atoms with Gasteiger partial charge in [-0.25, -0.2) is 0 Å². The lowest BCUT2D eigenvalue weighted by molar-refractivity contribution is -0.243. The monoisotopic (exact) mass is 389 g/mol. The SMILES string of the molecule is COc1ccc2c3c1O[C@H]1O[C@H](C)C[C@H](C)OCCC4(O)[C@@H](C2)N(C)CC[C@]314. The van der Waals surface area contributed by atoms with Crippen molar-refractivity contribution in [3.63, 3.8) is 0 Å². The summed E-state index contributed by atoms with van der Waals surface area (Å²) in [6.07, 6.45) is 2.50. The number of hydrogen-bond donors (Lipinski definition) is 1. The third-order valence-electron chi connectivity index (χ3n) is 7.53. The van der Waals surface area contributed by atoms with Crippen molar-refractivity contribution in [2.24, 2.45) is 0 Å². The van der Waals surface area contributed by atoms with Crippen molar-refractivity contribution in [3.8, 4) is 11.5 Å². The molecule has 0 amide bonds. The summed E-state index contributed by atoms with van der Waals surface area (Å²) in [6, 6.07) is 4.13. The Kier molecular flexibility index (Phi) is 4.22. The summed E-state index contributed by atoms with van der Waals surface area (Å²) < 4.78 is 24.7. The Morgan fingerprint density at radius 3 is 2.82 bits per heavy atom. The molecule has 3 aliphatic heterocycles. The first-order valence-electron chi connectivity index (χ1n) is 10.5. The van der Waals surface area contributed by atoms with Crippen molar-refractivity contribution >= 4 is 0 Å². The third-order valence-corrected chi connectivity index (χ3v) is 7.53. The average molecular weight is 389 g/mol. The van der Waals surface area contributed by atoms with Gasteiger partial charge in [0.2, 0.25) is 6.29 Å². The molecule has 1 spiro atoms. The van der Waals surface area contributed by atoms with Crippen molar-refractivity contribution < 1.29 is 24.1 Å². The zero-order chi connectivity index (χ0) is 19.7. The van der Waals surface area contributed by atoms with E-state index in [0.29, 0.717) is 13.0 Å². The van der Waals surface area contributed by atoms with Crippen LogP contribution in [0.25, 0.3) is 0 Å². The van der Waals surface area contributed by atoms with E-state index in [-0.39, 0.29) is 18.2 Å². The van der Waals surface area contributed by atoms with Gasteiger partial charge in [0.1, 0.15) is 0 Å². The van der Waals surface area contributed by atoms with Crippen LogP contribution in [0.4, 0.5) is 0 Å². The first-order valence-corrected chi connectivity index (χ1v) is 10.5. The molecule has 0 saturated carbocycles. The highest BCUT2D eigenvalue weighted by Gasteiger charge is 2.70. The Labute approximate surface area is 166 Å². The lowest BCUT2D eigenvalue weighted by Crippen LogP contribution is -2.74. The normalized spacial score (nSPS) is 42.5. The zero-order valence-electron chi connectivity index (χ0n) is 17.2. The molecule has 154 valence electrons. The number of piperidine rings is 1. The van der Waals surface area contributed by atoms with Crippen molar-refractivity contribution in [1.82, 2.24) is 4.90 Å². The molecule has 1 aliphatic carbocycles. The second-order valence-corrected chi connectivity index (χ2v) is 9.04. The van der Waals surface area contributed by atoms with Gasteiger partial charge in [-0.05, 0) is 58.3 Å². The molecule has 2 bridgehead atoms. The van der Waals surface area contributed by atoms with Crippen LogP contribution in [0.3, 0.4) is 0 Å². The predicted octanol–water partition coefficient (Wildman–Crippen LogP) is 2.25. The maximum Gasteiger partial charge on any atom is 0.213 e. The Morgan fingerprint density at radius 2 is 2.04 bits per heavy atom. The van der Waals surface area contributed by atoms with Crippen molar-refractivity contribution in [1.29, 1.82) is 0 Å². The molecule has 4 aliphatic rings. The number of aliphatic hydroxyl groups is 1. The quantitative estimate of drug-likeness (QED) is 0.795. The van der Waals surface area contributed by atoms with Gasteiger partial charge >= 0.3 is 0 Å². The van der Waals surface area contributed by atoms with E-state index in [0.717, 1.165) is 42.9 Å². The third kappa shape index (κ3) is 2.29. The van der Waals surface area contributed by atoms with Crippen LogP contribution in [0.1, 0.15) is 44.2 Å². The molecular weight excluding hydrogens is 358 g/mol. The Hall–Kier alpha value is -1.34. The molecule has 3 heterocycles. The molecule has 0 aromatic heterocycles. The molecule has 1 unspecified atom stereocenters. The number of hydrogen-bond acceptors (Lipinski definition) is 6. The Bertz CT molecular complexity index is 784. The summed E-state index contributed by atoms with van der Waals surface area (Å²) in [5.74, 6) is 1.47. The van der Waals surface area contributed by atoms with Crippen LogP contribution in [-0.2, 0) is 21.3 Å². The van der Waals surface area contributed by atoms with Crippen molar-refractivity contribution in [2.75, 3.05) is 27.3 Å². The van der Waals surface area contributed by atoms with Gasteiger partial charge in [-0.3, -0.25) is 0 Å². The second-order valence-electron chi connectivity index (χ2n) is 9.04. The van der Waals surface area contributed by atoms with E-state index in [4.69, 9.17) is 18.9 Å². The van der Waals surface area contributed by atoms with E-state index >= 15 is 0 Å². The molecule has 6 heteroatoms. The molecule has 2 fully saturated rings. The van der Waals surface area contributed by atoms with E-state index in [1.807, 2.05) is 6.07 Å². The Balaban J connectivity index is 1.73. The van der Waals surface area contributed by atoms with Crippen LogP contribution in [0.15, 0.2) is 12.1 Å². The average Bonchev–Trinajstić information content (AvgIpc) is 2.96. The fourth-order valence-electron chi connectivity index (χ4n) is 6.20. The van der Waals surface area contributed by atoms with E-state index in [1.54, 1.807) is 7.11 Å². The van der Waals surface area contributed by atoms with Crippen LogP contribution in [0.2, 0.25) is 0 Å². The highest BCUT2D eigenvalue weighted by atomic mass is 16.7. The molecule has 6 nitrogen and oxygen atoms in total. The number of nitrogens with zero attached hydrogens (tertiary/aromatic N) is 1. The lowest BCUT2D eigenvalue weighted by Gasteiger charge is -2.60. The largest absolute Gasteiger partial charge is 0.493 e. The maximum atomic E-state index is 12.3. The van der Waals surface area contributed by atoms with Crippen LogP contribution in [0.5, 0.6) is 11.5 Å². The molecule has 2 saturated heterocycles. The predicted molar refractivity (Wildman–Crippen MR) is 104 cm³/mol. The molecule has 5 rings (SSSR count). The number of ether oxygens (including phenoxy) is 4. The molecule has 1 aromatic rings.